The van der Waals surface area contributed by atoms with E-state index in [1.165, 1.54) is 0 Å². The monoisotopic (exact) mass is 654 g/mol. The number of piperazine rings is 1. The summed E-state index contributed by atoms with van der Waals surface area (Å²) in [6, 6.07) is 19.2. The van der Waals surface area contributed by atoms with E-state index in [9.17, 15) is 4.79 Å². The first-order chi connectivity index (χ1) is 22.7. The van der Waals surface area contributed by atoms with Crippen molar-refractivity contribution in [1.82, 2.24) is 29.2 Å². The predicted molar refractivity (Wildman–Crippen MR) is 182 cm³/mol. The van der Waals surface area contributed by atoms with Gasteiger partial charge in [-0.3, -0.25) is 14.7 Å². The van der Waals surface area contributed by atoms with Crippen LogP contribution in [0.25, 0.3) is 0 Å². The molecule has 4 aromatic rings. The number of aromatic nitrogens is 3. The molecule has 2 aromatic heterocycles. The molecule has 3 heterocycles. The van der Waals surface area contributed by atoms with Gasteiger partial charge in [0.05, 0.1) is 18.1 Å². The van der Waals surface area contributed by atoms with E-state index >= 15 is 4.79 Å². The zero-order chi connectivity index (χ0) is 33.0. The third-order valence-corrected chi connectivity index (χ3v) is 9.22. The lowest BCUT2D eigenvalue weighted by Gasteiger charge is -2.46. The van der Waals surface area contributed by atoms with Gasteiger partial charge in [0.15, 0.2) is 0 Å². The van der Waals surface area contributed by atoms with Crippen LogP contribution < -0.4 is 0 Å². The van der Waals surface area contributed by atoms with Crippen molar-refractivity contribution in [2.45, 2.75) is 70.8 Å². The SMILES string of the molecule is CC(C)(C)OC(=O)N1CCN(C2c3ncccc3CCc3cccc(Cl)c32)[C@@H](C(=O)N(CCCn2ccnc2)Cc2ccccc2)C1. The van der Waals surface area contributed by atoms with Crippen LogP contribution in [0.2, 0.25) is 5.02 Å². The highest BCUT2D eigenvalue weighted by molar-refractivity contribution is 6.31. The van der Waals surface area contributed by atoms with E-state index in [1.807, 2.05) is 91.2 Å². The fourth-order valence-corrected chi connectivity index (χ4v) is 7.00. The largest absolute Gasteiger partial charge is 0.444 e. The van der Waals surface area contributed by atoms with E-state index in [4.69, 9.17) is 21.3 Å². The summed E-state index contributed by atoms with van der Waals surface area (Å²) in [5, 5.41) is 0.660. The molecular formula is C37H43ClN6O3. The first-order valence-electron chi connectivity index (χ1n) is 16.4. The van der Waals surface area contributed by atoms with Gasteiger partial charge in [-0.25, -0.2) is 9.78 Å². The van der Waals surface area contributed by atoms with Crippen molar-refractivity contribution in [3.8, 4) is 0 Å². The molecule has 1 saturated heterocycles. The Morgan fingerprint density at radius 3 is 2.53 bits per heavy atom. The summed E-state index contributed by atoms with van der Waals surface area (Å²) in [5.74, 6) is -0.0388. The molecule has 246 valence electrons. The summed E-state index contributed by atoms with van der Waals surface area (Å²) < 4.78 is 7.82. The van der Waals surface area contributed by atoms with Crippen molar-refractivity contribution in [2.24, 2.45) is 0 Å². The maximum atomic E-state index is 15.0. The van der Waals surface area contributed by atoms with Crippen LogP contribution in [0, 0.1) is 0 Å². The van der Waals surface area contributed by atoms with Crippen LogP contribution in [0.15, 0.2) is 85.6 Å². The molecule has 0 N–H and O–H groups in total. The van der Waals surface area contributed by atoms with E-state index in [-0.39, 0.29) is 18.5 Å². The number of hydrogen-bond acceptors (Lipinski definition) is 6. The molecule has 1 unspecified atom stereocenters. The molecule has 47 heavy (non-hydrogen) atoms. The third kappa shape index (κ3) is 7.68. The van der Waals surface area contributed by atoms with Crippen LogP contribution in [-0.4, -0.2) is 79.1 Å². The second-order valence-corrected chi connectivity index (χ2v) is 13.7. The minimum atomic E-state index is -0.657. The summed E-state index contributed by atoms with van der Waals surface area (Å²) in [7, 11) is 0. The maximum absolute atomic E-state index is 15.0. The lowest BCUT2D eigenvalue weighted by Crippen LogP contribution is -2.61. The van der Waals surface area contributed by atoms with Gasteiger partial charge in [0, 0.05) is 62.9 Å². The van der Waals surface area contributed by atoms with Gasteiger partial charge < -0.3 is 19.1 Å². The highest BCUT2D eigenvalue weighted by atomic mass is 35.5. The van der Waals surface area contributed by atoms with Gasteiger partial charge in [-0.2, -0.15) is 0 Å². The molecule has 0 bridgehead atoms. The molecule has 6 rings (SSSR count). The highest BCUT2D eigenvalue weighted by Gasteiger charge is 2.44. The Hall–Kier alpha value is -4.21. The highest BCUT2D eigenvalue weighted by Crippen LogP contribution is 2.41. The van der Waals surface area contributed by atoms with Gasteiger partial charge in [0.25, 0.3) is 0 Å². The predicted octanol–water partition coefficient (Wildman–Crippen LogP) is 6.16. The van der Waals surface area contributed by atoms with Crippen LogP contribution >= 0.6 is 11.6 Å². The lowest BCUT2D eigenvalue weighted by molar-refractivity contribution is -0.141. The quantitative estimate of drug-likeness (QED) is 0.226. The number of benzene rings is 2. The van der Waals surface area contributed by atoms with Crippen LogP contribution in [0.4, 0.5) is 4.79 Å². The van der Waals surface area contributed by atoms with E-state index in [0.29, 0.717) is 31.2 Å². The van der Waals surface area contributed by atoms with Crippen LogP contribution in [0.3, 0.4) is 0 Å². The van der Waals surface area contributed by atoms with Crippen molar-refractivity contribution >= 4 is 23.6 Å². The molecule has 9 nitrogen and oxygen atoms in total. The zero-order valence-electron chi connectivity index (χ0n) is 27.4. The minimum Gasteiger partial charge on any atom is -0.444 e. The number of imidazole rings is 1. The van der Waals surface area contributed by atoms with Crippen molar-refractivity contribution < 1.29 is 14.3 Å². The Kier molecular flexibility index (Phi) is 9.94. The van der Waals surface area contributed by atoms with E-state index in [2.05, 4.69) is 22.0 Å². The zero-order valence-corrected chi connectivity index (χ0v) is 28.1. The standard InChI is InChI=1S/C37H43ClN6O3/c1-37(2,3)47-36(46)43-22-23-44(34-32-28(12-7-14-30(32)38)15-16-29-13-8-17-40-33(29)34)31(25-43)35(45)42(24-27-10-5-4-6-11-27)20-9-19-41-21-18-39-26-41/h4-8,10-14,17-18,21,26,31,34H,9,15-16,19-20,22-25H2,1-3H3/t31-,34?/m1/s1. The normalized spacial score (nSPS) is 18.2. The number of pyridine rings is 1. The van der Waals surface area contributed by atoms with Crippen molar-refractivity contribution in [3.63, 3.8) is 0 Å². The molecule has 2 aliphatic rings. The first kappa shape index (κ1) is 32.7. The second kappa shape index (κ2) is 14.3. The topological polar surface area (TPSA) is 83.8 Å². The minimum absolute atomic E-state index is 0.0388. The number of carbonyl (C=O) groups excluding carboxylic acids is 2. The average molecular weight is 655 g/mol. The molecule has 2 amide bonds. The number of rotatable bonds is 8. The van der Waals surface area contributed by atoms with Crippen molar-refractivity contribution in [3.05, 3.63) is 119 Å². The maximum Gasteiger partial charge on any atom is 0.410 e. The fraction of sp³-hybridized carbons (Fsp3) is 0.405. The third-order valence-electron chi connectivity index (χ3n) is 8.89. The summed E-state index contributed by atoms with van der Waals surface area (Å²) in [4.78, 5) is 43.4. The second-order valence-electron chi connectivity index (χ2n) is 13.3. The van der Waals surface area contributed by atoms with Gasteiger partial charge in [0.1, 0.15) is 11.6 Å². The number of aryl methyl sites for hydroxylation is 3. The number of hydrogen-bond donors (Lipinski definition) is 0. The lowest BCUT2D eigenvalue weighted by atomic mass is 9.93. The molecule has 2 atom stereocenters. The first-order valence-corrected chi connectivity index (χ1v) is 16.8. The van der Waals surface area contributed by atoms with Gasteiger partial charge in [0.2, 0.25) is 5.91 Å². The van der Waals surface area contributed by atoms with Gasteiger partial charge >= 0.3 is 6.09 Å². The summed E-state index contributed by atoms with van der Waals surface area (Å²) in [6.07, 6.45) is 9.31. The number of fused-ring (bicyclic) bond motifs is 2. The summed E-state index contributed by atoms with van der Waals surface area (Å²) in [5.41, 5.74) is 4.60. The molecule has 1 fully saturated rings. The molecule has 0 spiro atoms. The Balaban J connectivity index is 1.39. The average Bonchev–Trinajstić information content (AvgIpc) is 3.51. The van der Waals surface area contributed by atoms with Crippen LogP contribution in [-0.2, 0) is 35.5 Å². The van der Waals surface area contributed by atoms with Gasteiger partial charge in [-0.05, 0) is 74.4 Å². The molecule has 10 heteroatoms. The smallest absolute Gasteiger partial charge is 0.410 e. The van der Waals surface area contributed by atoms with E-state index in [1.54, 1.807) is 17.4 Å². The Labute approximate surface area is 282 Å². The van der Waals surface area contributed by atoms with Gasteiger partial charge in [-0.1, -0.05) is 60.1 Å². The fourth-order valence-electron chi connectivity index (χ4n) is 6.71. The number of nitrogens with zero attached hydrogens (tertiary/aromatic N) is 6. The Morgan fingerprint density at radius 2 is 1.77 bits per heavy atom. The van der Waals surface area contributed by atoms with Crippen LogP contribution in [0.1, 0.15) is 61.2 Å². The van der Waals surface area contributed by atoms with E-state index in [0.717, 1.165) is 53.8 Å². The number of halogens is 1. The molecule has 1 aliphatic carbocycles. The Bertz CT molecular complexity index is 1670. The molecule has 1 aliphatic heterocycles. The molecule has 0 radical (unpaired) electrons. The summed E-state index contributed by atoms with van der Waals surface area (Å²) >= 11 is 7.02. The van der Waals surface area contributed by atoms with Crippen molar-refractivity contribution in [2.75, 3.05) is 26.2 Å². The number of carbonyl (C=O) groups is 2. The van der Waals surface area contributed by atoms with Crippen LogP contribution in [0.5, 0.6) is 0 Å². The van der Waals surface area contributed by atoms with Gasteiger partial charge in [-0.15, -0.1) is 0 Å². The van der Waals surface area contributed by atoms with E-state index < -0.39 is 17.7 Å². The summed E-state index contributed by atoms with van der Waals surface area (Å²) in [6.45, 7) is 8.37. The molecular weight excluding hydrogens is 612 g/mol. The molecule has 0 saturated carbocycles. The number of ether oxygens (including phenoxy) is 1. The number of amides is 2. The Morgan fingerprint density at radius 1 is 0.979 bits per heavy atom. The van der Waals surface area contributed by atoms with Crippen molar-refractivity contribution in [1.29, 1.82) is 0 Å². The molecule has 2 aromatic carbocycles.